The lowest BCUT2D eigenvalue weighted by molar-refractivity contribution is 0.348. The van der Waals surface area contributed by atoms with E-state index in [1.807, 2.05) is 13.8 Å². The molecule has 0 amide bonds. The molecule has 5 nitrogen and oxygen atoms in total. The van der Waals surface area contributed by atoms with Gasteiger partial charge < -0.3 is 4.98 Å². The maximum atomic E-state index is 12.0. The van der Waals surface area contributed by atoms with E-state index in [0.717, 1.165) is 12.8 Å². The van der Waals surface area contributed by atoms with Crippen LogP contribution in [0.1, 0.15) is 26.7 Å². The molecule has 1 aromatic heterocycles. The van der Waals surface area contributed by atoms with Gasteiger partial charge in [0.2, 0.25) is 0 Å². The minimum atomic E-state index is -3.40. The first-order chi connectivity index (χ1) is 7.04. The van der Waals surface area contributed by atoms with Crippen LogP contribution in [-0.4, -0.2) is 35.8 Å². The van der Waals surface area contributed by atoms with Crippen LogP contribution < -0.4 is 0 Å². The summed E-state index contributed by atoms with van der Waals surface area (Å²) in [5, 5.41) is 0.150. The largest absolute Gasteiger partial charge is 0.335 e. The molecule has 1 N–H and O–H groups in total. The molecule has 1 aromatic rings. The highest BCUT2D eigenvalue weighted by molar-refractivity contribution is 7.89. The van der Waals surface area contributed by atoms with Crippen LogP contribution in [0.2, 0.25) is 0 Å². The second-order valence-electron chi connectivity index (χ2n) is 3.41. The van der Waals surface area contributed by atoms with Crippen molar-refractivity contribution in [1.82, 2.24) is 14.3 Å². The van der Waals surface area contributed by atoms with Gasteiger partial charge in [0, 0.05) is 13.1 Å². The van der Waals surface area contributed by atoms with E-state index in [0.29, 0.717) is 0 Å². The number of rotatable bonds is 5. The highest BCUT2D eigenvalue weighted by Gasteiger charge is 2.26. The van der Waals surface area contributed by atoms with Crippen LogP contribution in [0, 0.1) is 0 Å². The third-order valence-electron chi connectivity index (χ3n) is 2.59. The van der Waals surface area contributed by atoms with Gasteiger partial charge in [-0.25, -0.2) is 13.4 Å². The summed E-state index contributed by atoms with van der Waals surface area (Å²) in [7, 11) is -1.80. The third kappa shape index (κ3) is 2.38. The molecule has 0 unspecified atom stereocenters. The fourth-order valence-electron chi connectivity index (χ4n) is 1.54. The third-order valence-corrected chi connectivity index (χ3v) is 4.42. The summed E-state index contributed by atoms with van der Waals surface area (Å²) in [4.78, 5) is 6.34. The fraction of sp³-hybridized carbons (Fsp3) is 0.667. The number of nitrogens with one attached hydrogen (secondary N) is 1. The minimum absolute atomic E-state index is 0.0401. The topological polar surface area (TPSA) is 66.1 Å². The Morgan fingerprint density at radius 2 is 2.07 bits per heavy atom. The number of H-pyrrole nitrogens is 1. The monoisotopic (exact) mass is 231 g/mol. The van der Waals surface area contributed by atoms with Crippen LogP contribution >= 0.6 is 0 Å². The van der Waals surface area contributed by atoms with Crippen molar-refractivity contribution in [2.24, 2.45) is 0 Å². The van der Waals surface area contributed by atoms with Crippen molar-refractivity contribution in [3.8, 4) is 0 Å². The van der Waals surface area contributed by atoms with Crippen molar-refractivity contribution in [1.29, 1.82) is 0 Å². The lowest BCUT2D eigenvalue weighted by Gasteiger charge is -2.24. The Hall–Kier alpha value is -0.880. The van der Waals surface area contributed by atoms with Gasteiger partial charge in [0.25, 0.3) is 10.0 Å². The summed E-state index contributed by atoms with van der Waals surface area (Å²) >= 11 is 0. The summed E-state index contributed by atoms with van der Waals surface area (Å²) in [6.45, 7) is 3.96. The Balaban J connectivity index is 2.97. The van der Waals surface area contributed by atoms with Gasteiger partial charge in [-0.3, -0.25) is 0 Å². The van der Waals surface area contributed by atoms with Crippen LogP contribution in [0.5, 0.6) is 0 Å². The van der Waals surface area contributed by atoms with E-state index < -0.39 is 10.0 Å². The van der Waals surface area contributed by atoms with Gasteiger partial charge in [0.05, 0.1) is 12.5 Å². The molecule has 0 aliphatic rings. The van der Waals surface area contributed by atoms with Gasteiger partial charge in [0.1, 0.15) is 0 Å². The van der Waals surface area contributed by atoms with Crippen LogP contribution in [0.4, 0.5) is 0 Å². The zero-order valence-electron chi connectivity index (χ0n) is 9.27. The second kappa shape index (κ2) is 4.76. The molecule has 15 heavy (non-hydrogen) atoms. The van der Waals surface area contributed by atoms with Crippen molar-refractivity contribution in [3.05, 3.63) is 12.5 Å². The molecule has 0 saturated carbocycles. The summed E-state index contributed by atoms with van der Waals surface area (Å²) < 4.78 is 25.4. The highest BCUT2D eigenvalue weighted by atomic mass is 32.2. The predicted molar refractivity (Wildman–Crippen MR) is 57.9 cm³/mol. The molecule has 1 rings (SSSR count). The standard InChI is InChI=1S/C9H17N3O2S/c1-4-8(5-2)12(3)15(13,14)9-6-10-7-11-9/h6-8H,4-5H2,1-3H3,(H,10,11). The van der Waals surface area contributed by atoms with E-state index in [2.05, 4.69) is 9.97 Å². The highest BCUT2D eigenvalue weighted by Crippen LogP contribution is 2.16. The number of sulfonamides is 1. The molecule has 0 aliphatic carbocycles. The van der Waals surface area contributed by atoms with Gasteiger partial charge >= 0.3 is 0 Å². The van der Waals surface area contributed by atoms with Gasteiger partial charge in [-0.1, -0.05) is 13.8 Å². The van der Waals surface area contributed by atoms with Crippen molar-refractivity contribution < 1.29 is 8.42 Å². The van der Waals surface area contributed by atoms with E-state index in [-0.39, 0.29) is 11.1 Å². The normalized spacial score (nSPS) is 12.6. The molecule has 0 spiro atoms. The molecule has 0 saturated heterocycles. The number of aromatic nitrogens is 2. The number of nitrogens with zero attached hydrogens (tertiary/aromatic N) is 2. The van der Waals surface area contributed by atoms with Gasteiger partial charge in [-0.05, 0) is 12.8 Å². The number of hydrogen-bond donors (Lipinski definition) is 1. The SMILES string of the molecule is CCC(CC)N(C)S(=O)(=O)c1cnc[nH]1. The van der Waals surface area contributed by atoms with Crippen molar-refractivity contribution in [2.75, 3.05) is 7.05 Å². The van der Waals surface area contributed by atoms with E-state index in [1.54, 1.807) is 7.05 Å². The molecule has 0 bridgehead atoms. The Labute approximate surface area is 90.6 Å². The molecule has 0 atom stereocenters. The molecule has 1 heterocycles. The minimum Gasteiger partial charge on any atom is -0.335 e. The zero-order chi connectivity index (χ0) is 11.5. The first kappa shape index (κ1) is 12.2. The predicted octanol–water partition coefficient (Wildman–Crippen LogP) is 1.22. The summed E-state index contributed by atoms with van der Waals surface area (Å²) in [5.41, 5.74) is 0. The van der Waals surface area contributed by atoms with Gasteiger partial charge in [-0.15, -0.1) is 0 Å². The van der Waals surface area contributed by atoms with Crippen molar-refractivity contribution >= 4 is 10.0 Å². The number of imidazole rings is 1. The van der Waals surface area contributed by atoms with E-state index >= 15 is 0 Å². The van der Waals surface area contributed by atoms with Crippen LogP contribution in [-0.2, 0) is 10.0 Å². The Bertz CT molecular complexity index is 381. The number of aromatic amines is 1. The van der Waals surface area contributed by atoms with Crippen molar-refractivity contribution in [3.63, 3.8) is 0 Å². The van der Waals surface area contributed by atoms with E-state index in [4.69, 9.17) is 0 Å². The van der Waals surface area contributed by atoms with Crippen LogP contribution in [0.25, 0.3) is 0 Å². The average molecular weight is 231 g/mol. The molecule has 0 radical (unpaired) electrons. The molecule has 0 aliphatic heterocycles. The van der Waals surface area contributed by atoms with Crippen LogP contribution in [0.15, 0.2) is 17.6 Å². The first-order valence-corrected chi connectivity index (χ1v) is 6.44. The fourth-order valence-corrected chi connectivity index (χ4v) is 2.94. The molecular formula is C9H17N3O2S. The number of hydrogen-bond acceptors (Lipinski definition) is 3. The molecule has 6 heteroatoms. The Morgan fingerprint density at radius 1 is 1.47 bits per heavy atom. The Kier molecular flexibility index (Phi) is 3.87. The summed E-state index contributed by atoms with van der Waals surface area (Å²) in [6, 6.07) is 0.0401. The molecule has 86 valence electrons. The van der Waals surface area contributed by atoms with E-state index in [9.17, 15) is 8.42 Å². The lowest BCUT2D eigenvalue weighted by atomic mass is 10.2. The lowest BCUT2D eigenvalue weighted by Crippen LogP contribution is -2.36. The summed E-state index contributed by atoms with van der Waals surface area (Å²) in [6.07, 6.45) is 4.31. The Morgan fingerprint density at radius 3 is 2.47 bits per heavy atom. The van der Waals surface area contributed by atoms with E-state index in [1.165, 1.54) is 16.8 Å². The second-order valence-corrected chi connectivity index (χ2v) is 5.37. The smallest absolute Gasteiger partial charge is 0.260 e. The molecule has 0 fully saturated rings. The average Bonchev–Trinajstić information content (AvgIpc) is 2.72. The quantitative estimate of drug-likeness (QED) is 0.828. The maximum absolute atomic E-state index is 12.0. The van der Waals surface area contributed by atoms with Gasteiger partial charge in [0.15, 0.2) is 5.03 Å². The first-order valence-electron chi connectivity index (χ1n) is 5.00. The van der Waals surface area contributed by atoms with Crippen LogP contribution in [0.3, 0.4) is 0 Å². The molecule has 0 aromatic carbocycles. The zero-order valence-corrected chi connectivity index (χ0v) is 10.1. The van der Waals surface area contributed by atoms with Gasteiger partial charge in [-0.2, -0.15) is 4.31 Å². The maximum Gasteiger partial charge on any atom is 0.260 e. The molecular weight excluding hydrogens is 214 g/mol. The van der Waals surface area contributed by atoms with Crippen molar-refractivity contribution in [2.45, 2.75) is 37.8 Å². The summed E-state index contributed by atoms with van der Waals surface area (Å²) in [5.74, 6) is 0.